The molecule has 0 amide bonds. The van der Waals surface area contributed by atoms with Gasteiger partial charge >= 0.3 is 0 Å². The van der Waals surface area contributed by atoms with Crippen LogP contribution in [0.15, 0.2) is 47.2 Å². The molecule has 1 fully saturated rings. The van der Waals surface area contributed by atoms with Crippen molar-refractivity contribution in [2.24, 2.45) is 0 Å². The first-order valence-corrected chi connectivity index (χ1v) is 6.89. The number of aromatic nitrogens is 1. The number of anilines is 2. The van der Waals surface area contributed by atoms with Crippen LogP contribution in [0.4, 0.5) is 11.5 Å². The summed E-state index contributed by atoms with van der Waals surface area (Å²) in [6, 6.07) is 12.4. The molecule has 1 aliphatic rings. The maximum atomic E-state index is 4.87. The molecule has 1 aliphatic heterocycles. The van der Waals surface area contributed by atoms with Crippen molar-refractivity contribution in [1.82, 2.24) is 5.16 Å². The molecule has 0 spiro atoms. The largest absolute Gasteiger partial charge is 0.368 e. The molecule has 0 atom stereocenters. The van der Waals surface area contributed by atoms with Crippen molar-refractivity contribution >= 4 is 11.5 Å². The van der Waals surface area contributed by atoms with E-state index in [-0.39, 0.29) is 0 Å². The lowest BCUT2D eigenvalue weighted by Gasteiger charge is -2.35. The lowest BCUT2D eigenvalue weighted by atomic mass is 10.2. The first kappa shape index (κ1) is 13.5. The molecular formula is C15H21N3O. The van der Waals surface area contributed by atoms with Crippen molar-refractivity contribution in [3.63, 3.8) is 0 Å². The van der Waals surface area contributed by atoms with Crippen LogP contribution in [0, 0.1) is 0 Å². The monoisotopic (exact) mass is 259 g/mol. The molecule has 0 saturated carbocycles. The fraction of sp³-hybridized carbons (Fsp3) is 0.400. The predicted octanol–water partition coefficient (Wildman–Crippen LogP) is 3.03. The summed E-state index contributed by atoms with van der Waals surface area (Å²) < 4.78 is 4.87. The van der Waals surface area contributed by atoms with Crippen LogP contribution in [0.1, 0.15) is 13.8 Å². The first-order valence-electron chi connectivity index (χ1n) is 6.89. The van der Waals surface area contributed by atoms with Crippen LogP contribution in [0.3, 0.4) is 0 Å². The molecule has 19 heavy (non-hydrogen) atoms. The normalized spacial score (nSPS) is 14.8. The zero-order valence-corrected chi connectivity index (χ0v) is 11.6. The van der Waals surface area contributed by atoms with Crippen molar-refractivity contribution in [3.8, 4) is 0 Å². The van der Waals surface area contributed by atoms with Gasteiger partial charge in [-0.05, 0) is 12.1 Å². The maximum Gasteiger partial charge on any atom is 0.172 e. The zero-order valence-electron chi connectivity index (χ0n) is 11.6. The van der Waals surface area contributed by atoms with Gasteiger partial charge in [0.25, 0.3) is 0 Å². The summed E-state index contributed by atoms with van der Waals surface area (Å²) in [5, 5.41) is 3.97. The van der Waals surface area contributed by atoms with Crippen LogP contribution in [0.2, 0.25) is 0 Å². The number of nitrogens with zero attached hydrogens (tertiary/aromatic N) is 3. The average Bonchev–Trinajstić information content (AvgIpc) is 3.05. The second-order valence-electron chi connectivity index (χ2n) is 4.17. The van der Waals surface area contributed by atoms with Crippen molar-refractivity contribution in [2.75, 3.05) is 36.0 Å². The summed E-state index contributed by atoms with van der Waals surface area (Å²) in [6.45, 7) is 8.02. The van der Waals surface area contributed by atoms with Crippen LogP contribution in [-0.2, 0) is 0 Å². The van der Waals surface area contributed by atoms with E-state index in [2.05, 4.69) is 45.3 Å². The van der Waals surface area contributed by atoms with Crippen molar-refractivity contribution in [2.45, 2.75) is 13.8 Å². The van der Waals surface area contributed by atoms with Crippen LogP contribution in [-0.4, -0.2) is 31.3 Å². The Morgan fingerprint density at radius 1 is 0.895 bits per heavy atom. The van der Waals surface area contributed by atoms with Crippen molar-refractivity contribution < 1.29 is 4.52 Å². The quantitative estimate of drug-likeness (QED) is 0.830. The minimum Gasteiger partial charge on any atom is -0.368 e. The topological polar surface area (TPSA) is 32.5 Å². The number of hydrogen-bond donors (Lipinski definition) is 0. The fourth-order valence-electron chi connectivity index (χ4n) is 2.20. The van der Waals surface area contributed by atoms with E-state index < -0.39 is 0 Å². The fourth-order valence-corrected chi connectivity index (χ4v) is 2.20. The van der Waals surface area contributed by atoms with Gasteiger partial charge in [0.05, 0.1) is 0 Å². The van der Waals surface area contributed by atoms with Gasteiger partial charge in [0.1, 0.15) is 6.26 Å². The zero-order chi connectivity index (χ0) is 13.5. The van der Waals surface area contributed by atoms with Crippen LogP contribution < -0.4 is 9.80 Å². The Kier molecular flexibility index (Phi) is 4.84. The van der Waals surface area contributed by atoms with Gasteiger partial charge in [-0.1, -0.05) is 37.2 Å². The predicted molar refractivity (Wildman–Crippen MR) is 78.7 cm³/mol. The lowest BCUT2D eigenvalue weighted by Crippen LogP contribution is -2.46. The van der Waals surface area contributed by atoms with Crippen molar-refractivity contribution in [3.05, 3.63) is 42.7 Å². The molecule has 4 nitrogen and oxygen atoms in total. The number of para-hydroxylation sites is 1. The highest BCUT2D eigenvalue weighted by Crippen LogP contribution is 2.18. The van der Waals surface area contributed by atoms with E-state index >= 15 is 0 Å². The molecule has 1 aromatic carbocycles. The third-order valence-electron chi connectivity index (χ3n) is 3.15. The maximum absolute atomic E-state index is 4.87. The van der Waals surface area contributed by atoms with Gasteiger partial charge in [0.15, 0.2) is 5.82 Å². The Labute approximate surface area is 114 Å². The smallest absolute Gasteiger partial charge is 0.172 e. The molecular weight excluding hydrogens is 238 g/mol. The minimum atomic E-state index is 0.942. The Morgan fingerprint density at radius 3 is 2.11 bits per heavy atom. The molecule has 2 heterocycles. The molecule has 0 aliphatic carbocycles. The standard InChI is InChI=1S/C13H15N3O.C2H6/c1-2-4-12(5-3-1)15-7-9-16(10-8-15)13-6-11-17-14-13;1-2/h1-6,11H,7-10H2;1-2H3. The summed E-state index contributed by atoms with van der Waals surface area (Å²) >= 11 is 0. The summed E-state index contributed by atoms with van der Waals surface area (Å²) in [4.78, 5) is 4.65. The van der Waals surface area contributed by atoms with E-state index in [0.29, 0.717) is 0 Å². The van der Waals surface area contributed by atoms with Gasteiger partial charge in [-0.3, -0.25) is 0 Å². The molecule has 0 bridgehead atoms. The molecule has 1 aromatic heterocycles. The van der Waals surface area contributed by atoms with E-state index in [9.17, 15) is 0 Å². The molecule has 0 N–H and O–H groups in total. The molecule has 4 heteroatoms. The molecule has 102 valence electrons. The van der Waals surface area contributed by atoms with Gasteiger partial charge in [-0.25, -0.2) is 0 Å². The summed E-state index contributed by atoms with van der Waals surface area (Å²) in [7, 11) is 0. The second-order valence-corrected chi connectivity index (χ2v) is 4.17. The Balaban J connectivity index is 0.000000637. The number of rotatable bonds is 2. The Bertz CT molecular complexity index is 448. The number of piperazine rings is 1. The highest BCUT2D eigenvalue weighted by molar-refractivity contribution is 5.48. The molecule has 2 aromatic rings. The van der Waals surface area contributed by atoms with E-state index in [4.69, 9.17) is 4.52 Å². The van der Waals surface area contributed by atoms with Gasteiger partial charge in [0, 0.05) is 37.9 Å². The van der Waals surface area contributed by atoms with Crippen molar-refractivity contribution in [1.29, 1.82) is 0 Å². The average molecular weight is 259 g/mol. The van der Waals surface area contributed by atoms with E-state index in [1.807, 2.05) is 19.9 Å². The highest BCUT2D eigenvalue weighted by Gasteiger charge is 2.18. The Hall–Kier alpha value is -1.97. The van der Waals surface area contributed by atoms with Crippen LogP contribution in [0.5, 0.6) is 0 Å². The highest BCUT2D eigenvalue weighted by atomic mass is 16.5. The third-order valence-corrected chi connectivity index (χ3v) is 3.15. The van der Waals surface area contributed by atoms with Gasteiger partial charge in [-0.15, -0.1) is 0 Å². The lowest BCUT2D eigenvalue weighted by molar-refractivity contribution is 0.418. The molecule has 0 unspecified atom stereocenters. The van der Waals surface area contributed by atoms with Gasteiger partial charge < -0.3 is 14.3 Å². The SMILES string of the molecule is CC.c1ccc(N2CCN(c3ccon3)CC2)cc1. The van der Waals surface area contributed by atoms with E-state index in [1.54, 1.807) is 6.26 Å². The minimum absolute atomic E-state index is 0.942. The van der Waals surface area contributed by atoms with E-state index in [0.717, 1.165) is 32.0 Å². The second kappa shape index (κ2) is 6.83. The molecule has 0 radical (unpaired) electrons. The first-order chi connectivity index (χ1) is 9.43. The third kappa shape index (κ3) is 3.28. The number of hydrogen-bond acceptors (Lipinski definition) is 4. The summed E-state index contributed by atoms with van der Waals surface area (Å²) in [5.74, 6) is 0.942. The van der Waals surface area contributed by atoms with Crippen LogP contribution in [0.25, 0.3) is 0 Å². The summed E-state index contributed by atoms with van der Waals surface area (Å²) in [6.07, 6.45) is 1.62. The van der Waals surface area contributed by atoms with E-state index in [1.165, 1.54) is 5.69 Å². The Morgan fingerprint density at radius 2 is 1.53 bits per heavy atom. The van der Waals surface area contributed by atoms with Gasteiger partial charge in [-0.2, -0.15) is 0 Å². The number of benzene rings is 1. The van der Waals surface area contributed by atoms with Gasteiger partial charge in [0.2, 0.25) is 0 Å². The van der Waals surface area contributed by atoms with Crippen LogP contribution >= 0.6 is 0 Å². The molecule has 1 saturated heterocycles. The molecule has 3 rings (SSSR count). The summed E-state index contributed by atoms with van der Waals surface area (Å²) in [5.41, 5.74) is 1.30.